The van der Waals surface area contributed by atoms with Crippen molar-refractivity contribution in [1.82, 2.24) is 10.2 Å². The molecule has 0 aromatic heterocycles. The van der Waals surface area contributed by atoms with E-state index >= 15 is 0 Å². The Hall–Kier alpha value is -2.57. The van der Waals surface area contributed by atoms with Crippen molar-refractivity contribution in [2.45, 2.75) is 58.4 Å². The maximum atomic E-state index is 12.3. The molecule has 1 aromatic carbocycles. The van der Waals surface area contributed by atoms with Crippen molar-refractivity contribution in [1.29, 1.82) is 0 Å². The Labute approximate surface area is 147 Å². The lowest BCUT2D eigenvalue weighted by atomic mass is 9.82. The fraction of sp³-hybridized carbons (Fsp3) is 0.500. The molecule has 0 radical (unpaired) electrons. The first-order chi connectivity index (χ1) is 11.5. The number of carbonyl (C=O) groups is 3. The molecule has 1 N–H and O–H groups in total. The molecule has 7 nitrogen and oxygen atoms in total. The molecule has 0 saturated carbocycles. The number of hydrogen-bond acceptors (Lipinski definition) is 5. The molecule has 136 valence electrons. The number of amides is 3. The fourth-order valence-electron chi connectivity index (χ4n) is 2.53. The normalized spacial score (nSPS) is 19.0. The molecule has 0 unspecified atom stereocenters. The van der Waals surface area contributed by atoms with E-state index in [0.29, 0.717) is 0 Å². The van der Waals surface area contributed by atoms with Gasteiger partial charge in [-0.1, -0.05) is 30.3 Å². The second-order valence-corrected chi connectivity index (χ2v) is 7.45. The SMILES string of the molecule is CC(C)(C)OC(=O)N1C(=O)[C@@H](NC(=O)OCc2ccccc2)C1(C)C. The predicted octanol–water partition coefficient (Wildman–Crippen LogP) is 2.84. The molecule has 1 heterocycles. The molecular formula is C18H24N2O5. The number of likely N-dealkylation sites (tertiary alicyclic amines) is 1. The number of β-lactam (4-membered cyclic amide) rings is 1. The van der Waals surface area contributed by atoms with Crippen LogP contribution >= 0.6 is 0 Å². The molecule has 1 aliphatic heterocycles. The van der Waals surface area contributed by atoms with E-state index < -0.39 is 35.3 Å². The minimum absolute atomic E-state index is 0.101. The van der Waals surface area contributed by atoms with E-state index in [0.717, 1.165) is 10.5 Å². The van der Waals surface area contributed by atoms with Crippen LogP contribution in [0.5, 0.6) is 0 Å². The minimum atomic E-state index is -0.898. The van der Waals surface area contributed by atoms with Crippen LogP contribution in [0.4, 0.5) is 9.59 Å². The summed E-state index contributed by atoms with van der Waals surface area (Å²) in [6.07, 6.45) is -1.43. The Morgan fingerprint density at radius 3 is 2.32 bits per heavy atom. The number of nitrogens with one attached hydrogen (secondary N) is 1. The number of hydrogen-bond donors (Lipinski definition) is 1. The second-order valence-electron chi connectivity index (χ2n) is 7.45. The van der Waals surface area contributed by atoms with E-state index in [1.807, 2.05) is 30.3 Å². The predicted molar refractivity (Wildman–Crippen MR) is 90.7 cm³/mol. The number of benzene rings is 1. The Balaban J connectivity index is 1.92. The average molecular weight is 348 g/mol. The third-order valence-electron chi connectivity index (χ3n) is 3.80. The van der Waals surface area contributed by atoms with Gasteiger partial charge in [-0.3, -0.25) is 4.79 Å². The van der Waals surface area contributed by atoms with Gasteiger partial charge in [0.15, 0.2) is 0 Å². The molecule has 3 amide bonds. The summed E-state index contributed by atoms with van der Waals surface area (Å²) in [5.41, 5.74) is -0.765. The van der Waals surface area contributed by atoms with E-state index in [2.05, 4.69) is 5.32 Å². The van der Waals surface area contributed by atoms with Crippen molar-refractivity contribution in [2.75, 3.05) is 0 Å². The summed E-state index contributed by atoms with van der Waals surface area (Å²) in [7, 11) is 0. The molecule has 1 saturated heterocycles. The van der Waals surface area contributed by atoms with Gasteiger partial charge in [-0.25, -0.2) is 14.5 Å². The summed E-state index contributed by atoms with van der Waals surface area (Å²) in [6, 6.07) is 8.36. The van der Waals surface area contributed by atoms with Crippen LogP contribution in [0.25, 0.3) is 0 Å². The van der Waals surface area contributed by atoms with Gasteiger partial charge in [0.05, 0.1) is 5.54 Å². The number of ether oxygens (including phenoxy) is 2. The van der Waals surface area contributed by atoms with Crippen molar-refractivity contribution < 1.29 is 23.9 Å². The molecule has 1 atom stereocenters. The molecule has 0 aliphatic carbocycles. The standard InChI is InChI=1S/C18H24N2O5/c1-17(2,3)25-16(23)20-14(21)13(18(20,4)5)19-15(22)24-11-12-9-7-6-8-10-12/h6-10,13H,11H2,1-5H3,(H,19,22)/t13-/m1/s1. The largest absolute Gasteiger partial charge is 0.445 e. The molecule has 25 heavy (non-hydrogen) atoms. The Morgan fingerprint density at radius 2 is 1.80 bits per heavy atom. The zero-order chi connectivity index (χ0) is 18.8. The highest BCUT2D eigenvalue weighted by molar-refractivity contribution is 6.04. The van der Waals surface area contributed by atoms with Crippen molar-refractivity contribution in [3.63, 3.8) is 0 Å². The van der Waals surface area contributed by atoms with Crippen LogP contribution in [0.1, 0.15) is 40.2 Å². The summed E-state index contributed by atoms with van der Waals surface area (Å²) in [6.45, 7) is 8.63. The van der Waals surface area contributed by atoms with Gasteiger partial charge >= 0.3 is 12.2 Å². The number of alkyl carbamates (subject to hydrolysis) is 1. The molecule has 7 heteroatoms. The highest BCUT2D eigenvalue weighted by atomic mass is 16.6. The number of rotatable bonds is 3. The van der Waals surface area contributed by atoms with Gasteiger partial charge in [0.1, 0.15) is 18.2 Å². The maximum Gasteiger partial charge on any atom is 0.417 e. The minimum Gasteiger partial charge on any atom is -0.445 e. The second kappa shape index (κ2) is 6.74. The lowest BCUT2D eigenvalue weighted by Gasteiger charge is -2.51. The summed E-state index contributed by atoms with van der Waals surface area (Å²) >= 11 is 0. The van der Waals surface area contributed by atoms with Gasteiger partial charge in [0.2, 0.25) is 0 Å². The average Bonchev–Trinajstić information content (AvgIpc) is 2.49. The van der Waals surface area contributed by atoms with Gasteiger partial charge < -0.3 is 14.8 Å². The van der Waals surface area contributed by atoms with Gasteiger partial charge in [0, 0.05) is 0 Å². The van der Waals surface area contributed by atoms with Crippen LogP contribution in [0.2, 0.25) is 0 Å². The molecular weight excluding hydrogens is 324 g/mol. The van der Waals surface area contributed by atoms with Crippen LogP contribution in [0, 0.1) is 0 Å². The Kier molecular flexibility index (Phi) is 5.06. The van der Waals surface area contributed by atoms with E-state index in [4.69, 9.17) is 9.47 Å². The quantitative estimate of drug-likeness (QED) is 0.849. The lowest BCUT2D eigenvalue weighted by molar-refractivity contribution is -0.156. The van der Waals surface area contributed by atoms with Crippen molar-refractivity contribution >= 4 is 18.1 Å². The topological polar surface area (TPSA) is 84.9 Å². The fourth-order valence-corrected chi connectivity index (χ4v) is 2.53. The highest BCUT2D eigenvalue weighted by Gasteiger charge is 2.59. The van der Waals surface area contributed by atoms with E-state index in [1.165, 1.54) is 0 Å². The summed E-state index contributed by atoms with van der Waals surface area (Å²) in [5, 5.41) is 2.51. The zero-order valence-corrected chi connectivity index (χ0v) is 15.2. The summed E-state index contributed by atoms with van der Waals surface area (Å²) in [5.74, 6) is -0.518. The third-order valence-corrected chi connectivity index (χ3v) is 3.80. The maximum absolute atomic E-state index is 12.3. The zero-order valence-electron chi connectivity index (χ0n) is 15.2. The molecule has 0 spiro atoms. The van der Waals surface area contributed by atoms with Gasteiger partial charge in [0.25, 0.3) is 5.91 Å². The van der Waals surface area contributed by atoms with E-state index in [9.17, 15) is 14.4 Å². The monoisotopic (exact) mass is 348 g/mol. The molecule has 1 aromatic rings. The highest BCUT2D eigenvalue weighted by Crippen LogP contribution is 2.33. The first-order valence-corrected chi connectivity index (χ1v) is 8.06. The Morgan fingerprint density at radius 1 is 1.20 bits per heavy atom. The molecule has 2 rings (SSSR count). The smallest absolute Gasteiger partial charge is 0.417 e. The third kappa shape index (κ3) is 4.29. The van der Waals surface area contributed by atoms with Gasteiger partial charge in [-0.05, 0) is 40.2 Å². The Bertz CT molecular complexity index is 664. The first-order valence-electron chi connectivity index (χ1n) is 8.06. The van der Waals surface area contributed by atoms with Crippen molar-refractivity contribution in [2.24, 2.45) is 0 Å². The number of nitrogens with zero attached hydrogens (tertiary/aromatic N) is 1. The number of imide groups is 1. The van der Waals surface area contributed by atoms with Gasteiger partial charge in [-0.2, -0.15) is 0 Å². The summed E-state index contributed by atoms with van der Waals surface area (Å²) in [4.78, 5) is 37.4. The van der Waals surface area contributed by atoms with Crippen LogP contribution in [-0.4, -0.2) is 40.2 Å². The van der Waals surface area contributed by atoms with Gasteiger partial charge in [-0.15, -0.1) is 0 Å². The first kappa shape index (κ1) is 18.8. The van der Waals surface area contributed by atoms with Crippen LogP contribution in [0.3, 0.4) is 0 Å². The van der Waals surface area contributed by atoms with Crippen molar-refractivity contribution in [3.8, 4) is 0 Å². The molecule has 0 bridgehead atoms. The number of carbonyl (C=O) groups excluding carboxylic acids is 3. The van der Waals surface area contributed by atoms with E-state index in [-0.39, 0.29) is 6.61 Å². The molecule has 1 aliphatic rings. The van der Waals surface area contributed by atoms with Crippen LogP contribution in [0.15, 0.2) is 30.3 Å². The van der Waals surface area contributed by atoms with E-state index in [1.54, 1.807) is 34.6 Å². The summed E-state index contributed by atoms with van der Waals surface area (Å²) < 4.78 is 10.3. The van der Waals surface area contributed by atoms with Crippen molar-refractivity contribution in [3.05, 3.63) is 35.9 Å². The lowest BCUT2D eigenvalue weighted by Crippen LogP contribution is -2.78. The van der Waals surface area contributed by atoms with Crippen LogP contribution in [-0.2, 0) is 20.9 Å². The van der Waals surface area contributed by atoms with Crippen LogP contribution < -0.4 is 5.32 Å². The molecule has 1 fully saturated rings.